The summed E-state index contributed by atoms with van der Waals surface area (Å²) in [6, 6.07) is 10.1. The molecule has 2 aromatic rings. The molecule has 2 aliphatic rings. The number of hydrogen-bond acceptors (Lipinski definition) is 4. The number of nitrogens with one attached hydrogen (secondary N) is 3. The number of nitrogens with two attached hydrogens (primary N) is 1. The first kappa shape index (κ1) is 27.8. The summed E-state index contributed by atoms with van der Waals surface area (Å²) in [7, 11) is 0. The van der Waals surface area contributed by atoms with Crippen LogP contribution >= 0.6 is 15.9 Å². The van der Waals surface area contributed by atoms with Gasteiger partial charge in [-0.05, 0) is 49.1 Å². The van der Waals surface area contributed by atoms with Crippen LogP contribution in [0.15, 0.2) is 46.9 Å². The fourth-order valence-corrected chi connectivity index (χ4v) is 5.92. The van der Waals surface area contributed by atoms with Gasteiger partial charge in [-0.2, -0.15) is 13.2 Å². The molecule has 202 valence electrons. The third kappa shape index (κ3) is 7.19. The molecule has 1 saturated carbocycles. The Labute approximate surface area is 225 Å². The maximum atomic E-state index is 13.1. The molecule has 37 heavy (non-hydrogen) atoms. The second kappa shape index (κ2) is 12.1. The van der Waals surface area contributed by atoms with Gasteiger partial charge in [-0.15, -0.1) is 0 Å². The molecular weight excluding hydrogens is 545 g/mol. The van der Waals surface area contributed by atoms with Crippen LogP contribution in [0.4, 0.5) is 24.5 Å². The van der Waals surface area contributed by atoms with Crippen molar-refractivity contribution in [1.82, 2.24) is 5.32 Å². The number of amides is 1. The molecule has 1 aliphatic heterocycles. The van der Waals surface area contributed by atoms with Gasteiger partial charge in [-0.1, -0.05) is 79.1 Å². The molecule has 0 saturated heterocycles. The van der Waals surface area contributed by atoms with Crippen molar-refractivity contribution in [3.8, 4) is 0 Å². The van der Waals surface area contributed by atoms with Crippen LogP contribution in [-0.4, -0.2) is 24.2 Å². The first-order chi connectivity index (χ1) is 17.7. The Kier molecular flexibility index (Phi) is 9.06. The van der Waals surface area contributed by atoms with E-state index in [1.165, 1.54) is 38.2 Å². The summed E-state index contributed by atoms with van der Waals surface area (Å²) in [6.07, 6.45) is 6.18. The Bertz CT molecular complexity index is 1070. The Morgan fingerprint density at radius 3 is 2.32 bits per heavy atom. The maximum Gasteiger partial charge on any atom is 0.416 e. The van der Waals surface area contributed by atoms with Gasteiger partial charge >= 0.3 is 6.18 Å². The van der Waals surface area contributed by atoms with Crippen LogP contribution in [0.3, 0.4) is 0 Å². The molecule has 0 radical (unpaired) electrons. The van der Waals surface area contributed by atoms with Gasteiger partial charge in [-0.3, -0.25) is 4.79 Å². The maximum absolute atomic E-state index is 13.1. The fraction of sp³-hybridized carbons (Fsp3) is 0.536. The first-order valence-electron chi connectivity index (χ1n) is 13.2. The number of fused-ring (bicyclic) bond motifs is 1. The number of carbonyl (C=O) groups is 1. The van der Waals surface area contributed by atoms with E-state index in [1.54, 1.807) is 6.07 Å². The molecule has 5 N–H and O–H groups in total. The van der Waals surface area contributed by atoms with Crippen molar-refractivity contribution in [2.75, 3.05) is 17.2 Å². The van der Waals surface area contributed by atoms with E-state index in [0.29, 0.717) is 12.1 Å². The number of benzene rings is 2. The second-order valence-electron chi connectivity index (χ2n) is 10.4. The van der Waals surface area contributed by atoms with Gasteiger partial charge in [0.1, 0.15) is 5.66 Å². The molecule has 1 fully saturated rings. The zero-order valence-corrected chi connectivity index (χ0v) is 22.6. The largest absolute Gasteiger partial charge is 0.416 e. The van der Waals surface area contributed by atoms with Gasteiger partial charge in [0, 0.05) is 10.4 Å². The third-order valence-electron chi connectivity index (χ3n) is 7.59. The summed E-state index contributed by atoms with van der Waals surface area (Å²) in [5.74, 6) is -0.0887. The number of carbonyl (C=O) groups excluding carboxylic acids is 1. The molecule has 0 aromatic heterocycles. The second-order valence-corrected chi connectivity index (χ2v) is 11.3. The van der Waals surface area contributed by atoms with E-state index in [2.05, 4.69) is 31.9 Å². The van der Waals surface area contributed by atoms with Gasteiger partial charge in [0.05, 0.1) is 29.5 Å². The highest BCUT2D eigenvalue weighted by Gasteiger charge is 2.43. The average Bonchev–Trinajstić information content (AvgIpc) is 3.24. The molecule has 2 aromatic carbocycles. The molecule has 2 atom stereocenters. The minimum Gasteiger partial charge on any atom is -0.359 e. The SMILES string of the molecule is N[C@H](Cc1cccc(C(F)(F)F)c1)C(=O)NCC1(C2CCCCCCCCC2)Nc2ccc(Br)cc2N1. The van der Waals surface area contributed by atoms with E-state index < -0.39 is 23.4 Å². The topological polar surface area (TPSA) is 79.2 Å². The van der Waals surface area contributed by atoms with Crippen molar-refractivity contribution in [3.63, 3.8) is 0 Å². The molecule has 5 nitrogen and oxygen atoms in total. The number of rotatable bonds is 6. The van der Waals surface area contributed by atoms with E-state index in [-0.39, 0.29) is 18.2 Å². The van der Waals surface area contributed by atoms with E-state index >= 15 is 0 Å². The highest BCUT2D eigenvalue weighted by molar-refractivity contribution is 9.10. The molecule has 0 spiro atoms. The Hall–Kier alpha value is -2.26. The summed E-state index contributed by atoms with van der Waals surface area (Å²) >= 11 is 3.55. The number of hydrogen-bond donors (Lipinski definition) is 4. The van der Waals surface area contributed by atoms with Crippen molar-refractivity contribution in [2.24, 2.45) is 11.7 Å². The number of anilines is 2. The van der Waals surface area contributed by atoms with Gasteiger partial charge in [0.2, 0.25) is 5.91 Å². The molecule has 1 aliphatic carbocycles. The highest BCUT2D eigenvalue weighted by atomic mass is 79.9. The lowest BCUT2D eigenvalue weighted by Crippen LogP contribution is -2.58. The summed E-state index contributed by atoms with van der Waals surface area (Å²) < 4.78 is 40.2. The van der Waals surface area contributed by atoms with Crippen LogP contribution in [0.2, 0.25) is 0 Å². The highest BCUT2D eigenvalue weighted by Crippen LogP contribution is 2.42. The molecular formula is C28H36BrF3N4O. The van der Waals surface area contributed by atoms with Gasteiger partial charge < -0.3 is 21.7 Å². The predicted octanol–water partition coefficient (Wildman–Crippen LogP) is 6.83. The molecule has 1 amide bonds. The number of halogens is 4. The summed E-state index contributed by atoms with van der Waals surface area (Å²) in [5, 5.41) is 10.4. The standard InChI is InChI=1S/C28H36BrF3N4O/c29-22-13-14-24-25(17-22)36-27(35-24,20-10-6-4-2-1-3-5-7-11-20)18-34-26(37)23(33)16-19-9-8-12-21(15-19)28(30,31)32/h8-9,12-15,17,20,23,35-36H,1-7,10-11,16,18,33H2,(H,34,37)/t23-,27?/m1/s1. The monoisotopic (exact) mass is 580 g/mol. The lowest BCUT2D eigenvalue weighted by molar-refractivity contribution is -0.137. The van der Waals surface area contributed by atoms with Crippen molar-refractivity contribution < 1.29 is 18.0 Å². The van der Waals surface area contributed by atoms with Crippen LogP contribution in [0.5, 0.6) is 0 Å². The van der Waals surface area contributed by atoms with Crippen molar-refractivity contribution in [2.45, 2.75) is 82.1 Å². The van der Waals surface area contributed by atoms with E-state index in [9.17, 15) is 18.0 Å². The quantitative estimate of drug-likeness (QED) is 0.302. The molecule has 1 unspecified atom stereocenters. The van der Waals surface area contributed by atoms with Gasteiger partial charge in [0.15, 0.2) is 0 Å². The van der Waals surface area contributed by atoms with Crippen LogP contribution in [0.1, 0.15) is 68.9 Å². The Morgan fingerprint density at radius 2 is 1.65 bits per heavy atom. The minimum atomic E-state index is -4.44. The fourth-order valence-electron chi connectivity index (χ4n) is 5.56. The summed E-state index contributed by atoms with van der Waals surface area (Å²) in [5.41, 5.74) is 7.21. The number of alkyl halides is 3. The van der Waals surface area contributed by atoms with Gasteiger partial charge in [-0.25, -0.2) is 0 Å². The lowest BCUT2D eigenvalue weighted by Gasteiger charge is -2.40. The predicted molar refractivity (Wildman–Crippen MR) is 145 cm³/mol. The molecule has 9 heteroatoms. The van der Waals surface area contributed by atoms with E-state index in [4.69, 9.17) is 5.73 Å². The van der Waals surface area contributed by atoms with Crippen LogP contribution in [0, 0.1) is 5.92 Å². The van der Waals surface area contributed by atoms with Gasteiger partial charge in [0.25, 0.3) is 0 Å². The normalized spacial score (nSPS) is 21.9. The smallest absolute Gasteiger partial charge is 0.359 e. The van der Waals surface area contributed by atoms with Crippen LogP contribution in [0.25, 0.3) is 0 Å². The average molecular weight is 582 g/mol. The van der Waals surface area contributed by atoms with Crippen molar-refractivity contribution in [3.05, 3.63) is 58.1 Å². The minimum absolute atomic E-state index is 0.0280. The molecule has 4 rings (SSSR count). The first-order valence-corrected chi connectivity index (χ1v) is 14.0. The zero-order valence-electron chi connectivity index (χ0n) is 21.0. The summed E-state index contributed by atoms with van der Waals surface area (Å²) in [6.45, 7) is 0.319. The third-order valence-corrected chi connectivity index (χ3v) is 8.08. The van der Waals surface area contributed by atoms with E-state index in [0.717, 1.165) is 53.7 Å². The lowest BCUT2D eigenvalue weighted by atomic mass is 9.82. The molecule has 1 heterocycles. The van der Waals surface area contributed by atoms with Crippen LogP contribution < -0.4 is 21.7 Å². The molecule has 0 bridgehead atoms. The summed E-state index contributed by atoms with van der Waals surface area (Å²) in [4.78, 5) is 13.0. The zero-order chi connectivity index (χ0) is 26.5. The van der Waals surface area contributed by atoms with Crippen molar-refractivity contribution >= 4 is 33.2 Å². The van der Waals surface area contributed by atoms with Crippen molar-refractivity contribution in [1.29, 1.82) is 0 Å². The Balaban J connectivity index is 1.47. The van der Waals surface area contributed by atoms with Crippen LogP contribution in [-0.2, 0) is 17.4 Å². The Morgan fingerprint density at radius 1 is 1.00 bits per heavy atom. The van der Waals surface area contributed by atoms with E-state index in [1.807, 2.05) is 18.2 Å².